The summed E-state index contributed by atoms with van der Waals surface area (Å²) in [7, 11) is 1.59. The zero-order chi connectivity index (χ0) is 16.5. The molecule has 0 aromatic heterocycles. The molecular formula is C18H17NO5. The maximum atomic E-state index is 12.8. The molecule has 0 saturated heterocycles. The van der Waals surface area contributed by atoms with E-state index in [4.69, 9.17) is 18.9 Å². The molecule has 2 aromatic rings. The van der Waals surface area contributed by atoms with Gasteiger partial charge in [-0.2, -0.15) is 0 Å². The Kier molecular flexibility index (Phi) is 3.65. The average molecular weight is 327 g/mol. The van der Waals surface area contributed by atoms with E-state index in [0.717, 1.165) is 17.1 Å². The van der Waals surface area contributed by atoms with E-state index < -0.39 is 0 Å². The van der Waals surface area contributed by atoms with Gasteiger partial charge in [-0.25, -0.2) is 0 Å². The van der Waals surface area contributed by atoms with Crippen LogP contribution in [0, 0.1) is 0 Å². The monoisotopic (exact) mass is 327 g/mol. The smallest absolute Gasteiger partial charge is 0.258 e. The standard InChI is InChI=1S/C18H17NO5/c1-21-13-3-4-14-16(9-13)22-7-6-19(18(14)20)10-12-2-5-15-17(8-12)24-11-23-15/h2-5,8-9H,6-7,10-11H2,1H3. The fraction of sp³-hybridized carbons (Fsp3) is 0.278. The van der Waals surface area contributed by atoms with Crippen molar-refractivity contribution in [1.29, 1.82) is 0 Å². The van der Waals surface area contributed by atoms with Crippen LogP contribution in [0.3, 0.4) is 0 Å². The molecule has 0 aliphatic carbocycles. The SMILES string of the molecule is COc1ccc2c(c1)OCCN(Cc1ccc3c(c1)OCO3)C2=O. The summed E-state index contributed by atoms with van der Waals surface area (Å²) in [4.78, 5) is 14.6. The third kappa shape index (κ3) is 2.60. The van der Waals surface area contributed by atoms with Crippen molar-refractivity contribution in [3.8, 4) is 23.0 Å². The molecule has 0 atom stereocenters. The molecule has 0 N–H and O–H groups in total. The second-order valence-electron chi connectivity index (χ2n) is 5.62. The van der Waals surface area contributed by atoms with Crippen molar-refractivity contribution in [2.45, 2.75) is 6.54 Å². The largest absolute Gasteiger partial charge is 0.497 e. The summed E-state index contributed by atoms with van der Waals surface area (Å²) in [5, 5.41) is 0. The lowest BCUT2D eigenvalue weighted by molar-refractivity contribution is 0.0743. The normalized spacial score (nSPS) is 15.5. The molecule has 0 radical (unpaired) electrons. The number of nitrogens with zero attached hydrogens (tertiary/aromatic N) is 1. The minimum atomic E-state index is -0.0529. The van der Waals surface area contributed by atoms with Gasteiger partial charge in [0.25, 0.3) is 5.91 Å². The van der Waals surface area contributed by atoms with E-state index in [1.165, 1.54) is 0 Å². The van der Waals surface area contributed by atoms with E-state index in [0.29, 0.717) is 36.8 Å². The van der Waals surface area contributed by atoms with Crippen LogP contribution in [0.5, 0.6) is 23.0 Å². The van der Waals surface area contributed by atoms with Gasteiger partial charge in [0.05, 0.1) is 19.2 Å². The topological polar surface area (TPSA) is 57.2 Å². The Bertz CT molecular complexity index is 789. The van der Waals surface area contributed by atoms with Crippen LogP contribution in [0.4, 0.5) is 0 Å². The van der Waals surface area contributed by atoms with Crippen molar-refractivity contribution in [3.63, 3.8) is 0 Å². The number of carbonyl (C=O) groups is 1. The predicted molar refractivity (Wildman–Crippen MR) is 85.8 cm³/mol. The van der Waals surface area contributed by atoms with Crippen LogP contribution < -0.4 is 18.9 Å². The third-order valence-corrected chi connectivity index (χ3v) is 4.14. The number of amides is 1. The van der Waals surface area contributed by atoms with Crippen LogP contribution in [-0.2, 0) is 6.54 Å². The summed E-state index contributed by atoms with van der Waals surface area (Å²) in [5.41, 5.74) is 1.54. The molecule has 6 nitrogen and oxygen atoms in total. The van der Waals surface area contributed by atoms with Crippen molar-refractivity contribution in [3.05, 3.63) is 47.5 Å². The van der Waals surface area contributed by atoms with E-state index >= 15 is 0 Å². The van der Waals surface area contributed by atoms with Gasteiger partial charge in [0, 0.05) is 12.6 Å². The van der Waals surface area contributed by atoms with E-state index in [1.54, 1.807) is 30.2 Å². The molecule has 1 amide bonds. The van der Waals surface area contributed by atoms with E-state index in [2.05, 4.69) is 0 Å². The van der Waals surface area contributed by atoms with Gasteiger partial charge in [0.15, 0.2) is 11.5 Å². The lowest BCUT2D eigenvalue weighted by Gasteiger charge is -2.20. The third-order valence-electron chi connectivity index (χ3n) is 4.14. The van der Waals surface area contributed by atoms with Crippen molar-refractivity contribution < 1.29 is 23.7 Å². The highest BCUT2D eigenvalue weighted by Crippen LogP contribution is 2.33. The van der Waals surface area contributed by atoms with Gasteiger partial charge in [-0.3, -0.25) is 4.79 Å². The zero-order valence-corrected chi connectivity index (χ0v) is 13.3. The molecule has 0 bridgehead atoms. The minimum absolute atomic E-state index is 0.0529. The lowest BCUT2D eigenvalue weighted by atomic mass is 10.1. The molecule has 2 aliphatic rings. The summed E-state index contributed by atoms with van der Waals surface area (Å²) < 4.78 is 21.6. The maximum absolute atomic E-state index is 12.8. The van der Waals surface area contributed by atoms with E-state index in [9.17, 15) is 4.79 Å². The number of methoxy groups -OCH3 is 1. The highest BCUT2D eigenvalue weighted by Gasteiger charge is 2.24. The summed E-state index contributed by atoms with van der Waals surface area (Å²) >= 11 is 0. The lowest BCUT2D eigenvalue weighted by Crippen LogP contribution is -2.31. The first-order valence-electron chi connectivity index (χ1n) is 7.73. The van der Waals surface area contributed by atoms with Crippen LogP contribution in [0.2, 0.25) is 0 Å². The fourth-order valence-corrected chi connectivity index (χ4v) is 2.87. The van der Waals surface area contributed by atoms with Crippen molar-refractivity contribution in [2.75, 3.05) is 27.1 Å². The zero-order valence-electron chi connectivity index (χ0n) is 13.3. The van der Waals surface area contributed by atoms with Crippen LogP contribution in [0.15, 0.2) is 36.4 Å². The van der Waals surface area contributed by atoms with Crippen LogP contribution in [0.25, 0.3) is 0 Å². The molecule has 24 heavy (non-hydrogen) atoms. The number of benzene rings is 2. The van der Waals surface area contributed by atoms with Gasteiger partial charge < -0.3 is 23.8 Å². The van der Waals surface area contributed by atoms with Gasteiger partial charge in [-0.1, -0.05) is 6.07 Å². The Morgan fingerprint density at radius 2 is 1.92 bits per heavy atom. The first-order chi connectivity index (χ1) is 11.7. The first kappa shape index (κ1) is 14.7. The Morgan fingerprint density at radius 1 is 1.04 bits per heavy atom. The van der Waals surface area contributed by atoms with Crippen LogP contribution in [0.1, 0.15) is 15.9 Å². The highest BCUT2D eigenvalue weighted by molar-refractivity contribution is 5.97. The molecule has 2 heterocycles. The molecule has 2 aliphatic heterocycles. The molecule has 124 valence electrons. The van der Waals surface area contributed by atoms with Gasteiger partial charge in [0.1, 0.15) is 18.1 Å². The van der Waals surface area contributed by atoms with Crippen LogP contribution >= 0.6 is 0 Å². The average Bonchev–Trinajstić information content (AvgIpc) is 3.02. The second kappa shape index (κ2) is 5.96. The Balaban J connectivity index is 1.58. The second-order valence-corrected chi connectivity index (χ2v) is 5.62. The number of carbonyl (C=O) groups excluding carboxylic acids is 1. The van der Waals surface area contributed by atoms with Gasteiger partial charge >= 0.3 is 0 Å². The number of hydrogen-bond acceptors (Lipinski definition) is 5. The van der Waals surface area contributed by atoms with Gasteiger partial charge in [0.2, 0.25) is 6.79 Å². The number of fused-ring (bicyclic) bond motifs is 2. The summed E-state index contributed by atoms with van der Waals surface area (Å²) in [6.07, 6.45) is 0. The minimum Gasteiger partial charge on any atom is -0.497 e. The summed E-state index contributed by atoms with van der Waals surface area (Å²) in [5.74, 6) is 2.64. The predicted octanol–water partition coefficient (Wildman–Crippen LogP) is 2.46. The summed E-state index contributed by atoms with van der Waals surface area (Å²) in [6, 6.07) is 11.0. The maximum Gasteiger partial charge on any atom is 0.258 e. The first-order valence-corrected chi connectivity index (χ1v) is 7.73. The Hall–Kier alpha value is -2.89. The Morgan fingerprint density at radius 3 is 2.79 bits per heavy atom. The van der Waals surface area contributed by atoms with E-state index in [1.807, 2.05) is 18.2 Å². The van der Waals surface area contributed by atoms with Crippen molar-refractivity contribution in [2.24, 2.45) is 0 Å². The van der Waals surface area contributed by atoms with Crippen molar-refractivity contribution >= 4 is 5.91 Å². The summed E-state index contributed by atoms with van der Waals surface area (Å²) in [6.45, 7) is 1.69. The van der Waals surface area contributed by atoms with Crippen LogP contribution in [-0.4, -0.2) is 37.9 Å². The fourth-order valence-electron chi connectivity index (χ4n) is 2.87. The van der Waals surface area contributed by atoms with Gasteiger partial charge in [-0.05, 0) is 29.8 Å². The molecule has 0 spiro atoms. The number of rotatable bonds is 3. The van der Waals surface area contributed by atoms with E-state index in [-0.39, 0.29) is 12.7 Å². The Labute approximate surface area is 139 Å². The molecule has 2 aromatic carbocycles. The molecule has 0 fully saturated rings. The highest BCUT2D eigenvalue weighted by atomic mass is 16.7. The quantitative estimate of drug-likeness (QED) is 0.867. The molecule has 0 unspecified atom stereocenters. The molecule has 6 heteroatoms. The molecule has 0 saturated carbocycles. The number of hydrogen-bond donors (Lipinski definition) is 0. The van der Waals surface area contributed by atoms with Crippen molar-refractivity contribution in [1.82, 2.24) is 4.90 Å². The number of ether oxygens (including phenoxy) is 4. The molecule has 4 rings (SSSR count). The van der Waals surface area contributed by atoms with Gasteiger partial charge in [-0.15, -0.1) is 0 Å². The molecular weight excluding hydrogens is 310 g/mol.